The topological polar surface area (TPSA) is 56.0 Å². The third-order valence-electron chi connectivity index (χ3n) is 3.54. The average molecular weight is 373 g/mol. The fraction of sp³-hybridized carbons (Fsp3) is 0.0588. The molecule has 0 saturated heterocycles. The summed E-state index contributed by atoms with van der Waals surface area (Å²) >= 11 is 1.14. The Balaban J connectivity index is 1.70. The van der Waals surface area contributed by atoms with Crippen molar-refractivity contribution in [1.29, 1.82) is 0 Å². The number of hydrogen-bond acceptors (Lipinski definition) is 5. The fourth-order valence-electron chi connectivity index (χ4n) is 2.36. The molecule has 0 N–H and O–H groups in total. The highest BCUT2D eigenvalue weighted by Crippen LogP contribution is 2.34. The SMILES string of the molecule is FC(F)(F)c1cccc(Sc2ccc3nnc(-c4cccnc4)n3n2)c1. The van der Waals surface area contributed by atoms with Crippen LogP contribution in [0.25, 0.3) is 17.0 Å². The lowest BCUT2D eigenvalue weighted by Crippen LogP contribution is -2.04. The van der Waals surface area contributed by atoms with E-state index in [9.17, 15) is 13.2 Å². The molecule has 0 aliphatic rings. The van der Waals surface area contributed by atoms with Crippen LogP contribution in [0.3, 0.4) is 0 Å². The minimum atomic E-state index is -4.38. The van der Waals surface area contributed by atoms with Crippen LogP contribution in [-0.2, 0) is 6.18 Å². The van der Waals surface area contributed by atoms with E-state index in [2.05, 4.69) is 20.3 Å². The van der Waals surface area contributed by atoms with Gasteiger partial charge in [-0.3, -0.25) is 4.98 Å². The maximum atomic E-state index is 12.9. The zero-order valence-corrected chi connectivity index (χ0v) is 13.9. The highest BCUT2D eigenvalue weighted by Gasteiger charge is 2.30. The molecule has 9 heteroatoms. The highest BCUT2D eigenvalue weighted by atomic mass is 32.2. The van der Waals surface area contributed by atoms with Crippen LogP contribution in [0.2, 0.25) is 0 Å². The van der Waals surface area contributed by atoms with Crippen molar-refractivity contribution in [3.05, 3.63) is 66.5 Å². The summed E-state index contributed by atoms with van der Waals surface area (Å²) in [6.07, 6.45) is -1.09. The molecule has 5 nitrogen and oxygen atoms in total. The average Bonchev–Trinajstić information content (AvgIpc) is 3.05. The molecule has 3 heterocycles. The molecular weight excluding hydrogens is 363 g/mol. The van der Waals surface area contributed by atoms with E-state index in [1.54, 1.807) is 41.2 Å². The smallest absolute Gasteiger partial charge is 0.264 e. The van der Waals surface area contributed by atoms with Gasteiger partial charge in [-0.2, -0.15) is 22.8 Å². The lowest BCUT2D eigenvalue weighted by atomic mass is 10.2. The van der Waals surface area contributed by atoms with E-state index in [0.29, 0.717) is 21.4 Å². The van der Waals surface area contributed by atoms with Gasteiger partial charge in [0.1, 0.15) is 5.03 Å². The normalized spacial score (nSPS) is 11.8. The molecule has 130 valence electrons. The van der Waals surface area contributed by atoms with Gasteiger partial charge >= 0.3 is 6.18 Å². The summed E-state index contributed by atoms with van der Waals surface area (Å²) in [6.45, 7) is 0. The number of alkyl halides is 3. The summed E-state index contributed by atoms with van der Waals surface area (Å²) in [7, 11) is 0. The van der Waals surface area contributed by atoms with Gasteiger partial charge in [0.2, 0.25) is 0 Å². The molecule has 0 amide bonds. The van der Waals surface area contributed by atoms with Gasteiger partial charge in [0.05, 0.1) is 5.56 Å². The fourth-order valence-corrected chi connectivity index (χ4v) is 3.19. The van der Waals surface area contributed by atoms with Gasteiger partial charge in [0.15, 0.2) is 11.5 Å². The zero-order chi connectivity index (χ0) is 18.1. The molecule has 4 rings (SSSR count). The Morgan fingerprint density at radius 1 is 0.962 bits per heavy atom. The maximum Gasteiger partial charge on any atom is 0.416 e. The quantitative estimate of drug-likeness (QED) is 0.534. The second kappa shape index (κ2) is 6.41. The van der Waals surface area contributed by atoms with E-state index in [1.165, 1.54) is 6.07 Å². The number of rotatable bonds is 3. The Kier molecular flexibility index (Phi) is 4.08. The van der Waals surface area contributed by atoms with Crippen LogP contribution in [0.15, 0.2) is 70.8 Å². The van der Waals surface area contributed by atoms with Gasteiger partial charge < -0.3 is 0 Å². The van der Waals surface area contributed by atoms with E-state index in [4.69, 9.17) is 0 Å². The number of nitrogens with zero attached hydrogens (tertiary/aromatic N) is 5. The highest BCUT2D eigenvalue weighted by molar-refractivity contribution is 7.99. The first kappa shape index (κ1) is 16.5. The van der Waals surface area contributed by atoms with Crippen LogP contribution in [0.1, 0.15) is 5.56 Å². The molecule has 0 aliphatic heterocycles. The minimum absolute atomic E-state index is 0.447. The van der Waals surface area contributed by atoms with Gasteiger partial charge in [0, 0.05) is 22.9 Å². The molecule has 0 spiro atoms. The van der Waals surface area contributed by atoms with Gasteiger partial charge in [0.25, 0.3) is 0 Å². The largest absolute Gasteiger partial charge is 0.416 e. The standard InChI is InChI=1S/C17H10F3N5S/c18-17(19,20)12-4-1-5-13(9-12)26-15-7-6-14-22-23-16(25(14)24-15)11-3-2-8-21-10-11/h1-10H. The molecule has 0 saturated carbocycles. The number of pyridine rings is 1. The van der Waals surface area contributed by atoms with Crippen LogP contribution in [0.4, 0.5) is 13.2 Å². The first-order valence-electron chi connectivity index (χ1n) is 7.49. The predicted molar refractivity (Wildman–Crippen MR) is 89.6 cm³/mol. The molecule has 0 aliphatic carbocycles. The predicted octanol–water partition coefficient (Wildman–Crippen LogP) is 4.36. The van der Waals surface area contributed by atoms with Crippen molar-refractivity contribution in [2.45, 2.75) is 16.1 Å². The van der Waals surface area contributed by atoms with Gasteiger partial charge in [-0.15, -0.1) is 10.2 Å². The lowest BCUT2D eigenvalue weighted by molar-refractivity contribution is -0.137. The van der Waals surface area contributed by atoms with Gasteiger partial charge in [-0.1, -0.05) is 17.8 Å². The first-order valence-corrected chi connectivity index (χ1v) is 8.30. The van der Waals surface area contributed by atoms with Gasteiger partial charge in [-0.05, 0) is 42.5 Å². The molecule has 0 radical (unpaired) electrons. The number of benzene rings is 1. The van der Waals surface area contributed by atoms with Crippen LogP contribution in [0.5, 0.6) is 0 Å². The Hall–Kier alpha value is -2.94. The minimum Gasteiger partial charge on any atom is -0.264 e. The molecule has 0 fully saturated rings. The third-order valence-corrected chi connectivity index (χ3v) is 4.46. The molecule has 4 aromatic rings. The third kappa shape index (κ3) is 3.25. The van der Waals surface area contributed by atoms with E-state index in [1.807, 2.05) is 6.07 Å². The zero-order valence-electron chi connectivity index (χ0n) is 13.1. The molecule has 0 unspecified atom stereocenters. The van der Waals surface area contributed by atoms with Crippen molar-refractivity contribution < 1.29 is 13.2 Å². The number of fused-ring (bicyclic) bond motifs is 1. The Labute approximate surface area is 149 Å². The molecule has 26 heavy (non-hydrogen) atoms. The second-order valence-electron chi connectivity index (χ2n) is 5.33. The van der Waals surface area contributed by atoms with E-state index < -0.39 is 11.7 Å². The summed E-state index contributed by atoms with van der Waals surface area (Å²) < 4.78 is 40.1. The monoisotopic (exact) mass is 373 g/mol. The number of hydrogen-bond donors (Lipinski definition) is 0. The van der Waals surface area contributed by atoms with E-state index in [-0.39, 0.29) is 0 Å². The lowest BCUT2D eigenvalue weighted by Gasteiger charge is -2.08. The van der Waals surface area contributed by atoms with Crippen LogP contribution in [0, 0.1) is 0 Å². The number of aromatic nitrogens is 5. The van der Waals surface area contributed by atoms with Gasteiger partial charge in [-0.25, -0.2) is 0 Å². The van der Waals surface area contributed by atoms with Crippen LogP contribution in [-0.4, -0.2) is 24.8 Å². The maximum absolute atomic E-state index is 12.9. The molecule has 1 aromatic carbocycles. The molecule has 0 bridgehead atoms. The van der Waals surface area contributed by atoms with Crippen molar-refractivity contribution >= 4 is 17.4 Å². The van der Waals surface area contributed by atoms with Crippen molar-refractivity contribution in [3.63, 3.8) is 0 Å². The number of halogens is 3. The molecule has 0 atom stereocenters. The first-order chi connectivity index (χ1) is 12.5. The summed E-state index contributed by atoms with van der Waals surface area (Å²) in [5, 5.41) is 13.1. The van der Waals surface area contributed by atoms with Crippen LogP contribution < -0.4 is 0 Å². The van der Waals surface area contributed by atoms with Crippen molar-refractivity contribution in [2.75, 3.05) is 0 Å². The summed E-state index contributed by atoms with van der Waals surface area (Å²) in [5.41, 5.74) is 0.592. The Morgan fingerprint density at radius 3 is 2.62 bits per heavy atom. The van der Waals surface area contributed by atoms with Crippen LogP contribution >= 0.6 is 11.8 Å². The van der Waals surface area contributed by atoms with E-state index >= 15 is 0 Å². The summed E-state index contributed by atoms with van der Waals surface area (Å²) in [6, 6.07) is 12.2. The second-order valence-corrected chi connectivity index (χ2v) is 6.43. The summed E-state index contributed by atoms with van der Waals surface area (Å²) in [4.78, 5) is 4.50. The van der Waals surface area contributed by atoms with E-state index in [0.717, 1.165) is 29.5 Å². The van der Waals surface area contributed by atoms with Crippen molar-refractivity contribution in [3.8, 4) is 11.4 Å². The Bertz CT molecular complexity index is 1060. The Morgan fingerprint density at radius 2 is 1.85 bits per heavy atom. The van der Waals surface area contributed by atoms with Crippen molar-refractivity contribution in [2.24, 2.45) is 0 Å². The molecular formula is C17H10F3N5S. The summed E-state index contributed by atoms with van der Waals surface area (Å²) in [5.74, 6) is 0.514. The van der Waals surface area contributed by atoms with Crippen molar-refractivity contribution in [1.82, 2.24) is 24.8 Å². The molecule has 3 aromatic heterocycles.